The number of aromatic amines is 1. The number of aromatic nitrogens is 1. The van der Waals surface area contributed by atoms with Crippen molar-refractivity contribution in [2.24, 2.45) is 0 Å². The lowest BCUT2D eigenvalue weighted by atomic mass is 10.0. The fourth-order valence-electron chi connectivity index (χ4n) is 2.03. The smallest absolute Gasteiger partial charge is 0.345 e. The minimum atomic E-state index is -1.44. The SMILES string of the molecule is CCc1c(-c2ccc(Br)cc2)[nH]c(=O)c(C(=O)O)c1O. The summed E-state index contributed by atoms with van der Waals surface area (Å²) < 4.78 is 0.882. The Morgan fingerprint density at radius 3 is 2.40 bits per heavy atom. The zero-order valence-corrected chi connectivity index (χ0v) is 12.2. The van der Waals surface area contributed by atoms with E-state index >= 15 is 0 Å². The average molecular weight is 338 g/mol. The van der Waals surface area contributed by atoms with E-state index in [1.165, 1.54) is 0 Å². The molecule has 0 bridgehead atoms. The van der Waals surface area contributed by atoms with E-state index in [0.29, 0.717) is 23.2 Å². The number of H-pyrrole nitrogens is 1. The lowest BCUT2D eigenvalue weighted by Gasteiger charge is -2.12. The second kappa shape index (κ2) is 5.50. The number of rotatable bonds is 3. The molecule has 1 aromatic heterocycles. The van der Waals surface area contributed by atoms with Gasteiger partial charge in [0.1, 0.15) is 5.75 Å². The number of aromatic carboxylic acids is 1. The first kappa shape index (κ1) is 14.3. The molecular weight excluding hydrogens is 326 g/mol. The molecule has 0 aliphatic rings. The van der Waals surface area contributed by atoms with Gasteiger partial charge in [0.05, 0.1) is 5.69 Å². The molecule has 1 aromatic carbocycles. The molecule has 3 N–H and O–H groups in total. The Morgan fingerprint density at radius 2 is 1.90 bits per heavy atom. The molecule has 0 aliphatic heterocycles. The van der Waals surface area contributed by atoms with E-state index in [-0.39, 0.29) is 0 Å². The molecule has 0 spiro atoms. The standard InChI is InChI=1S/C14H12BrNO4/c1-2-9-11(7-3-5-8(15)6-4-7)16-13(18)10(12(9)17)14(19)20/h3-6H,2H2,1H3,(H,19,20)(H2,16,17,18). The Hall–Kier alpha value is -2.08. The van der Waals surface area contributed by atoms with Crippen molar-refractivity contribution in [2.45, 2.75) is 13.3 Å². The third-order valence-corrected chi connectivity index (χ3v) is 3.52. The highest BCUT2D eigenvalue weighted by molar-refractivity contribution is 9.10. The van der Waals surface area contributed by atoms with Crippen LogP contribution >= 0.6 is 15.9 Å². The summed E-state index contributed by atoms with van der Waals surface area (Å²) in [5.41, 5.74) is 0.110. The Morgan fingerprint density at radius 1 is 1.30 bits per heavy atom. The number of pyridine rings is 1. The van der Waals surface area contributed by atoms with Gasteiger partial charge in [0.2, 0.25) is 0 Å². The van der Waals surface area contributed by atoms with Crippen LogP contribution in [-0.4, -0.2) is 21.2 Å². The maximum Gasteiger partial charge on any atom is 0.345 e. The first-order valence-electron chi connectivity index (χ1n) is 5.93. The molecule has 0 aliphatic carbocycles. The Bertz CT molecular complexity index is 719. The quantitative estimate of drug-likeness (QED) is 0.803. The Kier molecular flexibility index (Phi) is 3.94. The maximum absolute atomic E-state index is 11.8. The molecule has 0 saturated carbocycles. The van der Waals surface area contributed by atoms with Crippen molar-refractivity contribution in [1.29, 1.82) is 0 Å². The van der Waals surface area contributed by atoms with Crippen LogP contribution in [0.1, 0.15) is 22.8 Å². The van der Waals surface area contributed by atoms with Crippen LogP contribution in [0.2, 0.25) is 0 Å². The van der Waals surface area contributed by atoms with Crippen molar-refractivity contribution >= 4 is 21.9 Å². The first-order chi connectivity index (χ1) is 9.45. The summed E-state index contributed by atoms with van der Waals surface area (Å²) in [5, 5.41) is 19.0. The highest BCUT2D eigenvalue weighted by Crippen LogP contribution is 2.30. The summed E-state index contributed by atoms with van der Waals surface area (Å²) in [5.74, 6) is -1.91. The number of benzene rings is 1. The van der Waals surface area contributed by atoms with Gasteiger partial charge >= 0.3 is 5.97 Å². The van der Waals surface area contributed by atoms with Crippen LogP contribution in [0.4, 0.5) is 0 Å². The van der Waals surface area contributed by atoms with E-state index in [0.717, 1.165) is 4.47 Å². The van der Waals surface area contributed by atoms with Crippen LogP contribution in [0, 0.1) is 0 Å². The number of halogens is 1. The summed E-state index contributed by atoms with van der Waals surface area (Å²) in [6, 6.07) is 7.15. The van der Waals surface area contributed by atoms with Gasteiger partial charge in [-0.25, -0.2) is 4.79 Å². The monoisotopic (exact) mass is 337 g/mol. The molecule has 0 radical (unpaired) electrons. The second-order valence-corrected chi connectivity index (χ2v) is 5.11. The normalized spacial score (nSPS) is 10.5. The van der Waals surface area contributed by atoms with Crippen LogP contribution in [0.3, 0.4) is 0 Å². The predicted molar refractivity (Wildman–Crippen MR) is 78.2 cm³/mol. The molecule has 20 heavy (non-hydrogen) atoms. The van der Waals surface area contributed by atoms with Crippen LogP contribution in [-0.2, 0) is 6.42 Å². The Balaban J connectivity index is 2.75. The summed E-state index contributed by atoms with van der Waals surface area (Å²) >= 11 is 3.31. The molecule has 2 aromatic rings. The van der Waals surface area contributed by atoms with Crippen molar-refractivity contribution in [2.75, 3.05) is 0 Å². The zero-order chi connectivity index (χ0) is 14.9. The molecular formula is C14H12BrNO4. The fraction of sp³-hybridized carbons (Fsp3) is 0.143. The van der Waals surface area contributed by atoms with Gasteiger partial charge in [-0.05, 0) is 24.1 Å². The van der Waals surface area contributed by atoms with Gasteiger partial charge in [0, 0.05) is 10.0 Å². The summed E-state index contributed by atoms with van der Waals surface area (Å²) in [6.07, 6.45) is 0.397. The second-order valence-electron chi connectivity index (χ2n) is 4.20. The molecule has 6 heteroatoms. The Labute approximate surface area is 123 Å². The van der Waals surface area contributed by atoms with Crippen LogP contribution < -0.4 is 5.56 Å². The van der Waals surface area contributed by atoms with Crippen molar-refractivity contribution in [3.63, 3.8) is 0 Å². The largest absolute Gasteiger partial charge is 0.506 e. The van der Waals surface area contributed by atoms with Gasteiger partial charge in [-0.3, -0.25) is 4.79 Å². The number of nitrogens with one attached hydrogen (secondary N) is 1. The number of hydrogen-bond donors (Lipinski definition) is 3. The number of carbonyl (C=O) groups is 1. The van der Waals surface area contributed by atoms with Gasteiger partial charge in [0.25, 0.3) is 5.56 Å². The van der Waals surface area contributed by atoms with Crippen molar-refractivity contribution in [1.82, 2.24) is 4.98 Å². The van der Waals surface area contributed by atoms with Gasteiger partial charge < -0.3 is 15.2 Å². The molecule has 1 heterocycles. The van der Waals surface area contributed by atoms with Crippen LogP contribution in [0.25, 0.3) is 11.3 Å². The highest BCUT2D eigenvalue weighted by atomic mass is 79.9. The maximum atomic E-state index is 11.8. The molecule has 0 fully saturated rings. The molecule has 0 amide bonds. The third-order valence-electron chi connectivity index (χ3n) is 2.99. The third kappa shape index (κ3) is 2.46. The summed E-state index contributed by atoms with van der Waals surface area (Å²) in [7, 11) is 0. The topological polar surface area (TPSA) is 90.4 Å². The lowest BCUT2D eigenvalue weighted by Crippen LogP contribution is -2.20. The van der Waals surface area contributed by atoms with Gasteiger partial charge in [-0.15, -0.1) is 0 Å². The van der Waals surface area contributed by atoms with Crippen LogP contribution in [0.15, 0.2) is 33.5 Å². The van der Waals surface area contributed by atoms with E-state index in [2.05, 4.69) is 20.9 Å². The van der Waals surface area contributed by atoms with Crippen molar-refractivity contribution < 1.29 is 15.0 Å². The van der Waals surface area contributed by atoms with E-state index in [9.17, 15) is 14.7 Å². The molecule has 0 unspecified atom stereocenters. The number of aromatic hydroxyl groups is 1. The average Bonchev–Trinajstić information content (AvgIpc) is 2.38. The molecule has 0 atom stereocenters. The van der Waals surface area contributed by atoms with Crippen LogP contribution in [0.5, 0.6) is 5.75 Å². The molecule has 2 rings (SSSR count). The molecule has 0 saturated heterocycles. The van der Waals surface area contributed by atoms with E-state index in [1.807, 2.05) is 0 Å². The van der Waals surface area contributed by atoms with Gasteiger partial charge in [-0.2, -0.15) is 0 Å². The number of carboxylic acid groups (broad SMARTS) is 1. The predicted octanol–water partition coefficient (Wildman–Crippen LogP) is 2.77. The number of hydrogen-bond acceptors (Lipinski definition) is 3. The molecule has 104 valence electrons. The molecule has 5 nitrogen and oxygen atoms in total. The van der Waals surface area contributed by atoms with Crippen molar-refractivity contribution in [3.05, 3.63) is 50.2 Å². The minimum Gasteiger partial charge on any atom is -0.506 e. The lowest BCUT2D eigenvalue weighted by molar-refractivity contribution is 0.0691. The fourth-order valence-corrected chi connectivity index (χ4v) is 2.30. The van der Waals surface area contributed by atoms with Gasteiger partial charge in [0.15, 0.2) is 5.56 Å². The minimum absolute atomic E-state index is 0.397. The summed E-state index contributed by atoms with van der Waals surface area (Å²) in [6.45, 7) is 1.78. The van der Waals surface area contributed by atoms with Gasteiger partial charge in [-0.1, -0.05) is 35.0 Å². The zero-order valence-electron chi connectivity index (χ0n) is 10.6. The van der Waals surface area contributed by atoms with E-state index in [4.69, 9.17) is 5.11 Å². The van der Waals surface area contributed by atoms with E-state index < -0.39 is 22.8 Å². The van der Waals surface area contributed by atoms with Crippen molar-refractivity contribution in [3.8, 4) is 17.0 Å². The first-order valence-corrected chi connectivity index (χ1v) is 6.72. The van der Waals surface area contributed by atoms with E-state index in [1.54, 1.807) is 31.2 Å². The number of carboxylic acids is 1. The highest BCUT2D eigenvalue weighted by Gasteiger charge is 2.21. The summed E-state index contributed by atoms with van der Waals surface area (Å²) in [4.78, 5) is 25.4.